The van der Waals surface area contributed by atoms with E-state index in [0.29, 0.717) is 0 Å². The summed E-state index contributed by atoms with van der Waals surface area (Å²) >= 11 is 0. The molecule has 0 nitrogen and oxygen atoms in total. The van der Waals surface area contributed by atoms with Crippen LogP contribution in [0.3, 0.4) is 0 Å². The lowest BCUT2D eigenvalue weighted by molar-refractivity contribution is 0.730. The van der Waals surface area contributed by atoms with Gasteiger partial charge in [0.25, 0.3) is 0 Å². The molecule has 0 aromatic carbocycles. The second-order valence-electron chi connectivity index (χ2n) is 2.45. The molecule has 0 unspecified atom stereocenters. The molecule has 0 amide bonds. The fourth-order valence-corrected chi connectivity index (χ4v) is 0.539. The van der Waals surface area contributed by atoms with Crippen LogP contribution in [0.25, 0.3) is 0 Å². The Kier molecular flexibility index (Phi) is 42.3. The Balaban J connectivity index is -0.000000142. The van der Waals surface area contributed by atoms with E-state index in [0.717, 1.165) is 0 Å². The maximum Gasteiger partial charge on any atom is -0.0353 e. The maximum atomic E-state index is 3.63. The first-order valence-corrected chi connectivity index (χ1v) is 5.51. The summed E-state index contributed by atoms with van der Waals surface area (Å²) in [6.07, 6.45) is 11.2. The second-order valence-corrected chi connectivity index (χ2v) is 2.45. The molecule has 0 aromatic rings. The molecule has 0 atom stereocenters. The molecule has 0 bridgehead atoms. The van der Waals surface area contributed by atoms with Gasteiger partial charge >= 0.3 is 0 Å². The highest BCUT2D eigenvalue weighted by molar-refractivity contribution is 4.68. The third kappa shape index (κ3) is 51.4. The summed E-state index contributed by atoms with van der Waals surface area (Å²) in [7, 11) is 0. The Morgan fingerprint density at radius 3 is 1.69 bits per heavy atom. The van der Waals surface area contributed by atoms with Gasteiger partial charge in [0.15, 0.2) is 0 Å². The highest BCUT2D eigenvalue weighted by Crippen LogP contribution is 1.97. The predicted molar refractivity (Wildman–Crippen MR) is 66.2 cm³/mol. The zero-order valence-corrected chi connectivity index (χ0v) is 10.3. The summed E-state index contributed by atoms with van der Waals surface area (Å²) in [6.45, 7) is 13.8. The molecule has 0 N–H and O–H groups in total. The van der Waals surface area contributed by atoms with Crippen molar-refractivity contribution >= 4 is 0 Å². The van der Waals surface area contributed by atoms with Gasteiger partial charge in [-0.25, -0.2) is 0 Å². The van der Waals surface area contributed by atoms with Crippen molar-refractivity contribution < 1.29 is 0 Å². The number of rotatable bonds is 4. The van der Waals surface area contributed by atoms with Crippen LogP contribution in [0.15, 0.2) is 24.8 Å². The third-order valence-electron chi connectivity index (χ3n) is 1.35. The van der Waals surface area contributed by atoms with Crippen LogP contribution in [0.5, 0.6) is 0 Å². The molecule has 0 aliphatic carbocycles. The molecule has 0 fully saturated rings. The Hall–Kier alpha value is -0.520. The average Bonchev–Trinajstić information content (AvgIpc) is 2.22. The van der Waals surface area contributed by atoms with Gasteiger partial charge in [0.2, 0.25) is 0 Å². The highest BCUT2D eigenvalue weighted by atomic mass is 13.8. The molecule has 0 spiro atoms. The monoisotopic (exact) mass is 184 g/mol. The van der Waals surface area contributed by atoms with E-state index in [4.69, 9.17) is 0 Å². The molecule has 0 heteroatoms. The van der Waals surface area contributed by atoms with Crippen molar-refractivity contribution in [1.82, 2.24) is 0 Å². The molecular weight excluding hydrogens is 156 g/mol. The quantitative estimate of drug-likeness (QED) is 0.407. The molecule has 0 aromatic heterocycles. The molecule has 13 heavy (non-hydrogen) atoms. The van der Waals surface area contributed by atoms with E-state index in [-0.39, 0.29) is 0 Å². The molecule has 0 rings (SSSR count). The minimum atomic E-state index is 1.19. The number of hydrogen-bond donors (Lipinski definition) is 0. The minimum absolute atomic E-state index is 1.19. The van der Waals surface area contributed by atoms with Crippen molar-refractivity contribution in [3.05, 3.63) is 24.8 Å². The van der Waals surface area contributed by atoms with Crippen LogP contribution < -0.4 is 0 Å². The lowest BCUT2D eigenvalue weighted by Crippen LogP contribution is -1.67. The Labute approximate surface area is 85.8 Å². The molecular formula is C13H28. The van der Waals surface area contributed by atoms with E-state index in [9.17, 15) is 0 Å². The van der Waals surface area contributed by atoms with Crippen LogP contribution in [0.1, 0.15) is 60.3 Å². The van der Waals surface area contributed by atoms with Gasteiger partial charge in [-0.15, -0.1) is 6.58 Å². The molecule has 0 saturated heterocycles. The fraction of sp³-hybridized carbons (Fsp3) is 0.692. The number of unbranched alkanes of at least 4 members (excludes halogenated alkanes) is 3. The van der Waals surface area contributed by atoms with Gasteiger partial charge in [-0.05, 0) is 26.7 Å². The normalized spacial score (nSPS) is 8.08. The summed E-state index contributed by atoms with van der Waals surface area (Å²) in [5.41, 5.74) is 0. The SMILES string of the molecule is C/C=C\C.C=CCCCCC.CC. The van der Waals surface area contributed by atoms with E-state index in [1.165, 1.54) is 25.7 Å². The van der Waals surface area contributed by atoms with Gasteiger partial charge in [-0.3, -0.25) is 0 Å². The predicted octanol–water partition coefficient (Wildman–Crippen LogP) is 5.36. The van der Waals surface area contributed by atoms with Crippen molar-refractivity contribution in [3.63, 3.8) is 0 Å². The van der Waals surface area contributed by atoms with E-state index in [1.807, 2.05) is 45.9 Å². The smallest absolute Gasteiger partial charge is 0.0353 e. The Morgan fingerprint density at radius 1 is 1.00 bits per heavy atom. The fourth-order valence-electron chi connectivity index (χ4n) is 0.539. The lowest BCUT2D eigenvalue weighted by Gasteiger charge is -1.87. The van der Waals surface area contributed by atoms with Gasteiger partial charge < -0.3 is 0 Å². The van der Waals surface area contributed by atoms with Gasteiger partial charge in [0.1, 0.15) is 0 Å². The topological polar surface area (TPSA) is 0 Å². The van der Waals surface area contributed by atoms with Crippen LogP contribution in [-0.2, 0) is 0 Å². The lowest BCUT2D eigenvalue weighted by atomic mass is 10.2. The minimum Gasteiger partial charge on any atom is -0.103 e. The second kappa shape index (κ2) is 30.0. The van der Waals surface area contributed by atoms with Gasteiger partial charge in [0.05, 0.1) is 0 Å². The summed E-state index contributed by atoms with van der Waals surface area (Å²) in [6, 6.07) is 0. The molecule has 0 heterocycles. The van der Waals surface area contributed by atoms with Gasteiger partial charge in [0, 0.05) is 0 Å². The van der Waals surface area contributed by atoms with Gasteiger partial charge in [-0.1, -0.05) is 51.8 Å². The van der Waals surface area contributed by atoms with E-state index in [1.54, 1.807) is 0 Å². The van der Waals surface area contributed by atoms with Gasteiger partial charge in [-0.2, -0.15) is 0 Å². The molecule has 0 saturated carbocycles. The first kappa shape index (κ1) is 18.3. The average molecular weight is 184 g/mol. The van der Waals surface area contributed by atoms with E-state index >= 15 is 0 Å². The van der Waals surface area contributed by atoms with E-state index in [2.05, 4.69) is 13.5 Å². The molecule has 0 radical (unpaired) electrons. The third-order valence-corrected chi connectivity index (χ3v) is 1.35. The largest absolute Gasteiger partial charge is 0.103 e. The summed E-state index contributed by atoms with van der Waals surface area (Å²) in [5.74, 6) is 0. The standard InChI is InChI=1S/C7H14.C4H8.C2H6/c1-3-5-7-6-4-2;1-3-4-2;1-2/h3H,1,4-7H2,2H3;3-4H,1-2H3;1-2H3/b;4-3-;. The van der Waals surface area contributed by atoms with Crippen LogP contribution >= 0.6 is 0 Å². The van der Waals surface area contributed by atoms with Crippen molar-refractivity contribution in [1.29, 1.82) is 0 Å². The molecule has 0 aliphatic heterocycles. The van der Waals surface area contributed by atoms with Crippen LogP contribution in [-0.4, -0.2) is 0 Å². The Morgan fingerprint density at radius 2 is 1.46 bits per heavy atom. The number of allylic oxidation sites excluding steroid dienone is 3. The summed E-state index contributed by atoms with van der Waals surface area (Å²) in [5, 5.41) is 0. The van der Waals surface area contributed by atoms with Crippen LogP contribution in [0.2, 0.25) is 0 Å². The first-order valence-electron chi connectivity index (χ1n) is 5.51. The maximum absolute atomic E-state index is 3.63. The number of hydrogen-bond acceptors (Lipinski definition) is 0. The zero-order chi connectivity index (χ0) is 10.9. The zero-order valence-electron chi connectivity index (χ0n) is 10.3. The van der Waals surface area contributed by atoms with Crippen molar-refractivity contribution in [3.8, 4) is 0 Å². The molecule has 80 valence electrons. The summed E-state index contributed by atoms with van der Waals surface area (Å²) in [4.78, 5) is 0. The first-order chi connectivity index (χ1) is 6.33. The van der Waals surface area contributed by atoms with Crippen molar-refractivity contribution in [2.24, 2.45) is 0 Å². The van der Waals surface area contributed by atoms with Crippen LogP contribution in [0.4, 0.5) is 0 Å². The van der Waals surface area contributed by atoms with Crippen molar-refractivity contribution in [2.75, 3.05) is 0 Å². The van der Waals surface area contributed by atoms with Crippen LogP contribution in [0, 0.1) is 0 Å². The molecule has 0 aliphatic rings. The van der Waals surface area contributed by atoms with Crippen molar-refractivity contribution in [2.45, 2.75) is 60.3 Å². The summed E-state index contributed by atoms with van der Waals surface area (Å²) < 4.78 is 0. The Bertz CT molecular complexity index is 76.0. The highest BCUT2D eigenvalue weighted by Gasteiger charge is 1.77. The van der Waals surface area contributed by atoms with E-state index < -0.39 is 0 Å².